The van der Waals surface area contributed by atoms with Crippen molar-refractivity contribution in [2.45, 2.75) is 0 Å². The van der Waals surface area contributed by atoms with E-state index in [0.717, 1.165) is 60.9 Å². The summed E-state index contributed by atoms with van der Waals surface area (Å²) < 4.78 is 12.0. The molecular weight excluding hydrogens is 717 g/mol. The minimum atomic E-state index is 0.588. The summed E-state index contributed by atoms with van der Waals surface area (Å²) in [5.41, 5.74) is 9.91. The van der Waals surface area contributed by atoms with Crippen molar-refractivity contribution in [1.29, 1.82) is 0 Å². The second-order valence-electron chi connectivity index (χ2n) is 14.4. The summed E-state index contributed by atoms with van der Waals surface area (Å²) in [4.78, 5) is 15.0. The second kappa shape index (κ2) is 12.6. The fourth-order valence-corrected chi connectivity index (χ4v) is 9.65. The van der Waals surface area contributed by atoms with Gasteiger partial charge in [-0.15, -0.1) is 11.3 Å². The highest BCUT2D eigenvalue weighted by Crippen LogP contribution is 2.45. The normalized spacial score (nSPS) is 11.9. The van der Waals surface area contributed by atoms with Gasteiger partial charge in [0, 0.05) is 58.4 Å². The topological polar surface area (TPSA) is 56.7 Å². The Kier molecular flexibility index (Phi) is 7.03. The number of furan rings is 1. The summed E-state index contributed by atoms with van der Waals surface area (Å²) >= 11 is 1.85. The number of hydrogen-bond acceptors (Lipinski definition) is 5. The average Bonchev–Trinajstić information content (AvgIpc) is 3.96. The predicted octanol–water partition coefficient (Wildman–Crippen LogP) is 13.9. The van der Waals surface area contributed by atoms with Crippen LogP contribution in [0, 0.1) is 0 Å². The standard InChI is InChI=1S/C51H30N4OS/c1-3-14-31(15-4-1)49-52-50(32-16-5-2-6-17-32)54-51(53-49)33-26-27-38-41-28-34(35-21-13-22-40-39-20-9-12-25-46(39)57-48(35)40)29-44(47(41)56-45(38)30-33)55-42-23-10-7-18-36(42)37-19-8-11-24-43(37)55/h1-30H. The third kappa shape index (κ3) is 5.04. The number of fused-ring (bicyclic) bond motifs is 9. The van der Waals surface area contributed by atoms with Crippen molar-refractivity contribution < 1.29 is 4.42 Å². The monoisotopic (exact) mass is 746 g/mol. The summed E-state index contributed by atoms with van der Waals surface area (Å²) in [7, 11) is 0. The number of nitrogens with zero attached hydrogens (tertiary/aromatic N) is 4. The molecule has 5 nitrogen and oxygen atoms in total. The Hall–Kier alpha value is -7.41. The highest BCUT2D eigenvalue weighted by Gasteiger charge is 2.22. The largest absolute Gasteiger partial charge is 0.454 e. The Morgan fingerprint density at radius 2 is 0.982 bits per heavy atom. The molecule has 0 bridgehead atoms. The molecule has 0 aliphatic heterocycles. The van der Waals surface area contributed by atoms with E-state index >= 15 is 0 Å². The van der Waals surface area contributed by atoms with Crippen molar-refractivity contribution in [2.75, 3.05) is 0 Å². The van der Waals surface area contributed by atoms with Crippen molar-refractivity contribution in [2.24, 2.45) is 0 Å². The molecule has 12 aromatic rings. The summed E-state index contributed by atoms with van der Waals surface area (Å²) in [5.74, 6) is 1.83. The molecule has 0 fully saturated rings. The molecule has 0 atom stereocenters. The second-order valence-corrected chi connectivity index (χ2v) is 15.4. The van der Waals surface area contributed by atoms with E-state index in [2.05, 4.69) is 126 Å². The van der Waals surface area contributed by atoms with Crippen molar-refractivity contribution in [3.63, 3.8) is 0 Å². The molecular formula is C51H30N4OS. The lowest BCUT2D eigenvalue weighted by Crippen LogP contribution is -2.00. The van der Waals surface area contributed by atoms with Crippen LogP contribution in [-0.2, 0) is 0 Å². The van der Waals surface area contributed by atoms with E-state index < -0.39 is 0 Å². The lowest BCUT2D eigenvalue weighted by Gasteiger charge is -2.12. The number of benzene rings is 8. The summed E-state index contributed by atoms with van der Waals surface area (Å²) in [5, 5.41) is 7.05. The smallest absolute Gasteiger partial charge is 0.164 e. The van der Waals surface area contributed by atoms with E-state index in [4.69, 9.17) is 19.4 Å². The van der Waals surface area contributed by atoms with Gasteiger partial charge in [0.25, 0.3) is 0 Å². The van der Waals surface area contributed by atoms with Gasteiger partial charge in [0.2, 0.25) is 0 Å². The third-order valence-corrected chi connectivity index (χ3v) is 12.3. The molecule has 0 radical (unpaired) electrons. The number of para-hydroxylation sites is 2. The van der Waals surface area contributed by atoms with Crippen LogP contribution in [0.2, 0.25) is 0 Å². The first kappa shape index (κ1) is 31.9. The molecule has 0 saturated carbocycles. The molecule has 4 aromatic heterocycles. The lowest BCUT2D eigenvalue weighted by atomic mass is 9.99. The van der Waals surface area contributed by atoms with Gasteiger partial charge < -0.3 is 8.98 Å². The van der Waals surface area contributed by atoms with Crippen molar-refractivity contribution in [1.82, 2.24) is 19.5 Å². The van der Waals surface area contributed by atoms with Gasteiger partial charge in [-0.25, -0.2) is 15.0 Å². The molecule has 0 aliphatic carbocycles. The number of rotatable bonds is 5. The minimum absolute atomic E-state index is 0.588. The van der Waals surface area contributed by atoms with Crippen LogP contribution >= 0.6 is 11.3 Å². The van der Waals surface area contributed by atoms with Gasteiger partial charge in [-0.1, -0.05) is 140 Å². The van der Waals surface area contributed by atoms with E-state index in [1.807, 2.05) is 72.0 Å². The van der Waals surface area contributed by atoms with Gasteiger partial charge in [-0.2, -0.15) is 0 Å². The quantitative estimate of drug-likeness (QED) is 0.176. The molecule has 0 amide bonds. The molecule has 0 unspecified atom stereocenters. The van der Waals surface area contributed by atoms with Gasteiger partial charge in [0.15, 0.2) is 23.1 Å². The van der Waals surface area contributed by atoms with Gasteiger partial charge >= 0.3 is 0 Å². The van der Waals surface area contributed by atoms with Crippen molar-refractivity contribution in [3.8, 4) is 51.0 Å². The lowest BCUT2D eigenvalue weighted by molar-refractivity contribution is 0.666. The molecule has 0 saturated heterocycles. The van der Waals surface area contributed by atoms with E-state index in [1.54, 1.807) is 0 Å². The molecule has 4 heterocycles. The maximum atomic E-state index is 7.03. The van der Waals surface area contributed by atoms with Gasteiger partial charge in [-0.3, -0.25) is 0 Å². The van der Waals surface area contributed by atoms with Crippen LogP contribution in [0.3, 0.4) is 0 Å². The Balaban J connectivity index is 1.13. The fourth-order valence-electron chi connectivity index (χ4n) is 8.42. The maximum absolute atomic E-state index is 7.03. The summed E-state index contributed by atoms with van der Waals surface area (Å²) in [6, 6.07) is 63.8. The number of hydrogen-bond donors (Lipinski definition) is 0. The SMILES string of the molecule is c1ccc(-c2nc(-c3ccccc3)nc(-c3ccc4c(c3)oc3c(-n5c6ccccc6c6ccccc65)cc(-c5cccc6c5sc5ccccc56)cc34)n2)cc1. The van der Waals surface area contributed by atoms with Crippen LogP contribution in [0.25, 0.3) is 115 Å². The van der Waals surface area contributed by atoms with E-state index in [-0.39, 0.29) is 0 Å². The van der Waals surface area contributed by atoms with Crippen LogP contribution in [-0.4, -0.2) is 19.5 Å². The molecule has 6 heteroatoms. The molecule has 57 heavy (non-hydrogen) atoms. The minimum Gasteiger partial charge on any atom is -0.454 e. The number of thiophene rings is 1. The average molecular weight is 747 g/mol. The Labute approximate surface area is 330 Å². The first-order chi connectivity index (χ1) is 28.2. The highest BCUT2D eigenvalue weighted by molar-refractivity contribution is 7.26. The van der Waals surface area contributed by atoms with Crippen LogP contribution in [0.15, 0.2) is 186 Å². The molecule has 0 N–H and O–H groups in total. The van der Waals surface area contributed by atoms with Gasteiger partial charge in [0.05, 0.1) is 16.7 Å². The van der Waals surface area contributed by atoms with Crippen LogP contribution in [0.1, 0.15) is 0 Å². The van der Waals surface area contributed by atoms with Crippen LogP contribution < -0.4 is 0 Å². The van der Waals surface area contributed by atoms with Crippen LogP contribution in [0.5, 0.6) is 0 Å². The van der Waals surface area contributed by atoms with E-state index in [1.165, 1.54) is 36.5 Å². The predicted molar refractivity (Wildman–Crippen MR) is 236 cm³/mol. The van der Waals surface area contributed by atoms with E-state index in [9.17, 15) is 0 Å². The highest BCUT2D eigenvalue weighted by atomic mass is 32.1. The zero-order valence-electron chi connectivity index (χ0n) is 30.4. The van der Waals surface area contributed by atoms with Crippen molar-refractivity contribution in [3.05, 3.63) is 182 Å². The molecule has 8 aromatic carbocycles. The van der Waals surface area contributed by atoms with Gasteiger partial charge in [0.1, 0.15) is 5.58 Å². The van der Waals surface area contributed by atoms with E-state index in [0.29, 0.717) is 17.5 Å². The Morgan fingerprint density at radius 1 is 0.404 bits per heavy atom. The van der Waals surface area contributed by atoms with Crippen LogP contribution in [0.4, 0.5) is 0 Å². The summed E-state index contributed by atoms with van der Waals surface area (Å²) in [6.45, 7) is 0. The zero-order valence-corrected chi connectivity index (χ0v) is 31.2. The molecule has 12 rings (SSSR count). The fraction of sp³-hybridized carbons (Fsp3) is 0. The maximum Gasteiger partial charge on any atom is 0.164 e. The number of aromatic nitrogens is 4. The zero-order chi connectivity index (χ0) is 37.5. The first-order valence-electron chi connectivity index (χ1n) is 19.0. The third-order valence-electron chi connectivity index (χ3n) is 11.0. The molecule has 0 spiro atoms. The Morgan fingerprint density at radius 3 is 1.67 bits per heavy atom. The Bertz CT molecular complexity index is 3420. The first-order valence-corrected chi connectivity index (χ1v) is 19.8. The molecule has 266 valence electrons. The van der Waals surface area contributed by atoms with Gasteiger partial charge in [-0.05, 0) is 53.6 Å². The van der Waals surface area contributed by atoms with Crippen molar-refractivity contribution >= 4 is 75.3 Å². The molecule has 0 aliphatic rings. The summed E-state index contributed by atoms with van der Waals surface area (Å²) in [6.07, 6.45) is 0.